The van der Waals surface area contributed by atoms with Crippen LogP contribution in [0.15, 0.2) is 11.6 Å². The van der Waals surface area contributed by atoms with E-state index in [0.29, 0.717) is 5.92 Å². The second-order valence-corrected chi connectivity index (χ2v) is 5.60. The van der Waals surface area contributed by atoms with Crippen molar-refractivity contribution >= 4 is 0 Å². The van der Waals surface area contributed by atoms with Gasteiger partial charge in [-0.15, -0.1) is 0 Å². The van der Waals surface area contributed by atoms with E-state index >= 15 is 0 Å². The van der Waals surface area contributed by atoms with Gasteiger partial charge in [0, 0.05) is 18.1 Å². The molecule has 0 aliphatic carbocycles. The molecule has 0 saturated carbocycles. The van der Waals surface area contributed by atoms with E-state index < -0.39 is 0 Å². The van der Waals surface area contributed by atoms with Gasteiger partial charge in [-0.1, -0.05) is 11.6 Å². The number of nitrogens with two attached hydrogens (primary N) is 1. The van der Waals surface area contributed by atoms with Crippen molar-refractivity contribution in [2.24, 2.45) is 11.7 Å². The molecule has 15 heavy (non-hydrogen) atoms. The highest BCUT2D eigenvalue weighted by atomic mass is 15.2. The molecule has 2 heteroatoms. The van der Waals surface area contributed by atoms with Gasteiger partial charge in [0.1, 0.15) is 0 Å². The van der Waals surface area contributed by atoms with Gasteiger partial charge < -0.3 is 10.6 Å². The number of allylic oxidation sites excluding steroid dienone is 1. The van der Waals surface area contributed by atoms with E-state index in [0.717, 1.165) is 12.1 Å². The molecule has 0 spiro atoms. The van der Waals surface area contributed by atoms with Gasteiger partial charge in [0.2, 0.25) is 0 Å². The standard InChI is InChI=1S/C13H24N2/c1-9(2)6-13(14)10-7-11-4-5-12(8-10)15(11)3/h6,10-13H,4-5,7-8,14H2,1-3H3. The fourth-order valence-corrected chi connectivity index (χ4v) is 3.29. The van der Waals surface area contributed by atoms with Crippen LogP contribution < -0.4 is 5.73 Å². The minimum atomic E-state index is 0.284. The lowest BCUT2D eigenvalue weighted by Crippen LogP contribution is -2.44. The number of hydrogen-bond acceptors (Lipinski definition) is 2. The topological polar surface area (TPSA) is 29.3 Å². The van der Waals surface area contributed by atoms with Gasteiger partial charge in [-0.25, -0.2) is 0 Å². The fourth-order valence-electron chi connectivity index (χ4n) is 3.29. The van der Waals surface area contributed by atoms with E-state index in [2.05, 4.69) is 31.9 Å². The molecule has 2 heterocycles. The summed E-state index contributed by atoms with van der Waals surface area (Å²) in [5, 5.41) is 0. The van der Waals surface area contributed by atoms with E-state index in [-0.39, 0.29) is 6.04 Å². The molecule has 2 bridgehead atoms. The third-order valence-electron chi connectivity index (χ3n) is 4.20. The lowest BCUT2D eigenvalue weighted by atomic mass is 9.85. The Balaban J connectivity index is 1.99. The normalized spacial score (nSPS) is 37.7. The zero-order valence-corrected chi connectivity index (χ0v) is 10.2. The molecule has 0 aromatic rings. The summed E-state index contributed by atoms with van der Waals surface area (Å²) in [5.41, 5.74) is 7.61. The summed E-state index contributed by atoms with van der Waals surface area (Å²) < 4.78 is 0. The molecule has 2 N–H and O–H groups in total. The molecule has 86 valence electrons. The largest absolute Gasteiger partial charge is 0.324 e. The number of hydrogen-bond donors (Lipinski definition) is 1. The highest BCUT2D eigenvalue weighted by molar-refractivity contribution is 5.05. The van der Waals surface area contributed by atoms with Crippen LogP contribution in [0.5, 0.6) is 0 Å². The summed E-state index contributed by atoms with van der Waals surface area (Å²) >= 11 is 0. The Hall–Kier alpha value is -0.340. The maximum atomic E-state index is 6.25. The average Bonchev–Trinajstić information content (AvgIpc) is 2.38. The van der Waals surface area contributed by atoms with Crippen LogP contribution in [0, 0.1) is 5.92 Å². The van der Waals surface area contributed by atoms with E-state index in [4.69, 9.17) is 5.73 Å². The van der Waals surface area contributed by atoms with Gasteiger partial charge in [-0.2, -0.15) is 0 Å². The number of rotatable bonds is 2. The summed E-state index contributed by atoms with van der Waals surface area (Å²) in [7, 11) is 2.28. The zero-order chi connectivity index (χ0) is 11.0. The zero-order valence-electron chi connectivity index (χ0n) is 10.2. The van der Waals surface area contributed by atoms with Crippen LogP contribution in [0.1, 0.15) is 39.5 Å². The second kappa shape index (κ2) is 4.26. The third kappa shape index (κ3) is 2.26. The van der Waals surface area contributed by atoms with Crippen molar-refractivity contribution < 1.29 is 0 Å². The summed E-state index contributed by atoms with van der Waals surface area (Å²) in [5.74, 6) is 0.716. The second-order valence-electron chi connectivity index (χ2n) is 5.60. The molecular formula is C13H24N2. The molecule has 2 aliphatic rings. The molecule has 2 fully saturated rings. The quantitative estimate of drug-likeness (QED) is 0.705. The first kappa shape index (κ1) is 11.2. The molecular weight excluding hydrogens is 184 g/mol. The van der Waals surface area contributed by atoms with Crippen molar-refractivity contribution in [1.82, 2.24) is 4.90 Å². The predicted molar refractivity (Wildman–Crippen MR) is 64.7 cm³/mol. The maximum absolute atomic E-state index is 6.25. The van der Waals surface area contributed by atoms with Crippen molar-refractivity contribution in [2.75, 3.05) is 7.05 Å². The van der Waals surface area contributed by atoms with Crippen LogP contribution in [0.25, 0.3) is 0 Å². The van der Waals surface area contributed by atoms with E-state index in [9.17, 15) is 0 Å². The van der Waals surface area contributed by atoms with Gasteiger partial charge in [0.25, 0.3) is 0 Å². The summed E-state index contributed by atoms with van der Waals surface area (Å²) in [6.07, 6.45) is 7.63. The van der Waals surface area contributed by atoms with Crippen molar-refractivity contribution in [2.45, 2.75) is 57.7 Å². The predicted octanol–water partition coefficient (Wildman–Crippen LogP) is 2.15. The summed E-state index contributed by atoms with van der Waals surface area (Å²) in [4.78, 5) is 2.58. The van der Waals surface area contributed by atoms with Gasteiger partial charge in [0.15, 0.2) is 0 Å². The molecule has 2 aliphatic heterocycles. The molecule has 0 aromatic heterocycles. The van der Waals surface area contributed by atoms with Crippen molar-refractivity contribution in [3.05, 3.63) is 11.6 Å². The maximum Gasteiger partial charge on any atom is 0.0256 e. The van der Waals surface area contributed by atoms with Gasteiger partial charge >= 0.3 is 0 Å². The van der Waals surface area contributed by atoms with Gasteiger partial charge in [-0.3, -0.25) is 0 Å². The molecule has 3 atom stereocenters. The Morgan fingerprint density at radius 3 is 2.27 bits per heavy atom. The first-order valence-electron chi connectivity index (χ1n) is 6.20. The molecule has 0 amide bonds. The Morgan fingerprint density at radius 2 is 1.80 bits per heavy atom. The molecule has 0 aromatic carbocycles. The van der Waals surface area contributed by atoms with E-state index in [1.165, 1.54) is 31.3 Å². The Morgan fingerprint density at radius 1 is 1.27 bits per heavy atom. The SMILES string of the molecule is CC(C)=CC(N)C1CC2CCC(C1)N2C. The molecule has 2 saturated heterocycles. The first-order valence-corrected chi connectivity index (χ1v) is 6.20. The van der Waals surface area contributed by atoms with Crippen molar-refractivity contribution in [1.29, 1.82) is 0 Å². The highest BCUT2D eigenvalue weighted by Crippen LogP contribution is 2.38. The van der Waals surface area contributed by atoms with Crippen LogP contribution in [-0.4, -0.2) is 30.1 Å². The van der Waals surface area contributed by atoms with Crippen molar-refractivity contribution in [3.8, 4) is 0 Å². The van der Waals surface area contributed by atoms with Gasteiger partial charge in [0.05, 0.1) is 0 Å². The Labute approximate surface area is 93.5 Å². The highest BCUT2D eigenvalue weighted by Gasteiger charge is 2.39. The van der Waals surface area contributed by atoms with Crippen molar-refractivity contribution in [3.63, 3.8) is 0 Å². The third-order valence-corrected chi connectivity index (χ3v) is 4.20. The molecule has 2 nitrogen and oxygen atoms in total. The first-order chi connectivity index (χ1) is 7.08. The van der Waals surface area contributed by atoms with E-state index in [1.807, 2.05) is 0 Å². The minimum Gasteiger partial charge on any atom is -0.324 e. The number of nitrogens with zero attached hydrogens (tertiary/aromatic N) is 1. The van der Waals surface area contributed by atoms with Crippen LogP contribution in [0.2, 0.25) is 0 Å². The van der Waals surface area contributed by atoms with E-state index in [1.54, 1.807) is 0 Å². The number of fused-ring (bicyclic) bond motifs is 2. The Bertz CT molecular complexity index is 241. The summed E-state index contributed by atoms with van der Waals surface area (Å²) in [6.45, 7) is 4.28. The fraction of sp³-hybridized carbons (Fsp3) is 0.846. The number of piperidine rings is 1. The Kier molecular flexibility index (Phi) is 3.17. The molecule has 0 radical (unpaired) electrons. The minimum absolute atomic E-state index is 0.284. The van der Waals surface area contributed by atoms with Crippen LogP contribution >= 0.6 is 0 Å². The lowest BCUT2D eigenvalue weighted by Gasteiger charge is -2.38. The lowest BCUT2D eigenvalue weighted by molar-refractivity contribution is 0.128. The molecule has 2 rings (SSSR count). The van der Waals surface area contributed by atoms with Crippen LogP contribution in [0.4, 0.5) is 0 Å². The van der Waals surface area contributed by atoms with Gasteiger partial charge in [-0.05, 0) is 52.5 Å². The average molecular weight is 208 g/mol. The van der Waals surface area contributed by atoms with Crippen LogP contribution in [0.3, 0.4) is 0 Å². The summed E-state index contributed by atoms with van der Waals surface area (Å²) in [6, 6.07) is 1.91. The monoisotopic (exact) mass is 208 g/mol. The molecule has 3 unspecified atom stereocenters. The van der Waals surface area contributed by atoms with Crippen LogP contribution in [-0.2, 0) is 0 Å². The smallest absolute Gasteiger partial charge is 0.0256 e.